The molecule has 4 aromatic rings. The van der Waals surface area contributed by atoms with Crippen LogP contribution in [0.3, 0.4) is 0 Å². The lowest BCUT2D eigenvalue weighted by Crippen LogP contribution is -2.15. The van der Waals surface area contributed by atoms with E-state index in [4.69, 9.17) is 0 Å². The van der Waals surface area contributed by atoms with Gasteiger partial charge in [-0.1, -0.05) is 42.1 Å². The first-order chi connectivity index (χ1) is 15.6. The van der Waals surface area contributed by atoms with Gasteiger partial charge < -0.3 is 15.2 Å². The third-order valence-corrected chi connectivity index (χ3v) is 6.38. The molecular formula is C23H21N5O2S2. The minimum Gasteiger partial charge on any atom is -0.325 e. The summed E-state index contributed by atoms with van der Waals surface area (Å²) in [4.78, 5) is 25.9. The molecule has 2 N–H and O–H groups in total. The predicted molar refractivity (Wildman–Crippen MR) is 129 cm³/mol. The standard InChI is InChI=1S/C23H21N5O2S2/c1-2-28-21(19-12-7-13-31-19)26-27-23(28)32-15-20(29)24-17-10-6-11-18(14-17)25-22(30)16-8-4-3-5-9-16/h3-14H,2,15H2,1H3,(H,24,29)(H,25,30). The molecule has 7 nitrogen and oxygen atoms in total. The smallest absolute Gasteiger partial charge is 0.255 e. The van der Waals surface area contributed by atoms with Crippen LogP contribution in [0.4, 0.5) is 11.4 Å². The van der Waals surface area contributed by atoms with Gasteiger partial charge >= 0.3 is 0 Å². The molecule has 0 fully saturated rings. The molecule has 0 aliphatic rings. The van der Waals surface area contributed by atoms with E-state index in [1.165, 1.54) is 11.8 Å². The maximum absolute atomic E-state index is 12.5. The van der Waals surface area contributed by atoms with Crippen LogP contribution in [-0.2, 0) is 11.3 Å². The van der Waals surface area contributed by atoms with Gasteiger partial charge in [-0.3, -0.25) is 9.59 Å². The Labute approximate surface area is 193 Å². The van der Waals surface area contributed by atoms with Crippen molar-refractivity contribution in [3.05, 3.63) is 77.7 Å². The van der Waals surface area contributed by atoms with Crippen LogP contribution in [0, 0.1) is 0 Å². The molecule has 0 atom stereocenters. The van der Waals surface area contributed by atoms with Crippen molar-refractivity contribution in [2.45, 2.75) is 18.6 Å². The van der Waals surface area contributed by atoms with Gasteiger partial charge in [0.2, 0.25) is 5.91 Å². The highest BCUT2D eigenvalue weighted by atomic mass is 32.2. The van der Waals surface area contributed by atoms with Gasteiger partial charge in [0.1, 0.15) is 0 Å². The van der Waals surface area contributed by atoms with E-state index in [0.717, 1.165) is 10.7 Å². The summed E-state index contributed by atoms with van der Waals surface area (Å²) in [7, 11) is 0. The summed E-state index contributed by atoms with van der Waals surface area (Å²) in [5.74, 6) is 0.644. The van der Waals surface area contributed by atoms with E-state index in [1.54, 1.807) is 47.7 Å². The Morgan fingerprint density at radius 2 is 1.75 bits per heavy atom. The fourth-order valence-corrected chi connectivity index (χ4v) is 4.58. The molecule has 4 rings (SSSR count). The summed E-state index contributed by atoms with van der Waals surface area (Å²) in [6.07, 6.45) is 0. The Morgan fingerprint density at radius 1 is 0.969 bits per heavy atom. The van der Waals surface area contributed by atoms with E-state index in [0.29, 0.717) is 28.6 Å². The number of amides is 2. The number of nitrogens with one attached hydrogen (secondary N) is 2. The zero-order chi connectivity index (χ0) is 22.3. The van der Waals surface area contributed by atoms with E-state index in [1.807, 2.05) is 47.2 Å². The number of anilines is 2. The molecule has 0 radical (unpaired) electrons. The molecule has 0 bridgehead atoms. The first kappa shape index (κ1) is 21.8. The topological polar surface area (TPSA) is 88.9 Å². The number of benzene rings is 2. The molecule has 0 saturated heterocycles. The summed E-state index contributed by atoms with van der Waals surface area (Å²) < 4.78 is 2.00. The number of hydrogen-bond acceptors (Lipinski definition) is 6. The summed E-state index contributed by atoms with van der Waals surface area (Å²) in [6.45, 7) is 2.74. The zero-order valence-electron chi connectivity index (χ0n) is 17.3. The van der Waals surface area contributed by atoms with E-state index >= 15 is 0 Å². The largest absolute Gasteiger partial charge is 0.325 e. The Hall–Kier alpha value is -3.43. The number of carbonyl (C=O) groups excluding carboxylic acids is 2. The van der Waals surface area contributed by atoms with E-state index in [2.05, 4.69) is 20.8 Å². The number of aromatic nitrogens is 3. The fourth-order valence-electron chi connectivity index (χ4n) is 3.06. The van der Waals surface area contributed by atoms with Crippen molar-refractivity contribution in [2.24, 2.45) is 0 Å². The third-order valence-electron chi connectivity index (χ3n) is 4.55. The summed E-state index contributed by atoms with van der Waals surface area (Å²) in [5, 5.41) is 17.0. The van der Waals surface area contributed by atoms with Crippen molar-refractivity contribution in [3.8, 4) is 10.7 Å². The molecule has 0 unspecified atom stereocenters. The van der Waals surface area contributed by atoms with Crippen LogP contribution >= 0.6 is 23.1 Å². The van der Waals surface area contributed by atoms with Crippen molar-refractivity contribution in [3.63, 3.8) is 0 Å². The van der Waals surface area contributed by atoms with Crippen molar-refractivity contribution >= 4 is 46.3 Å². The van der Waals surface area contributed by atoms with Gasteiger partial charge in [0.15, 0.2) is 11.0 Å². The molecule has 2 heterocycles. The Kier molecular flexibility index (Phi) is 6.98. The van der Waals surface area contributed by atoms with Gasteiger partial charge in [-0.05, 0) is 48.7 Å². The number of carbonyl (C=O) groups is 2. The lowest BCUT2D eigenvalue weighted by Gasteiger charge is -2.09. The van der Waals surface area contributed by atoms with Gasteiger partial charge in [-0.15, -0.1) is 21.5 Å². The molecule has 32 heavy (non-hydrogen) atoms. The van der Waals surface area contributed by atoms with Crippen LogP contribution in [0.1, 0.15) is 17.3 Å². The van der Waals surface area contributed by atoms with Crippen molar-refractivity contribution < 1.29 is 9.59 Å². The van der Waals surface area contributed by atoms with Crippen LogP contribution in [0.25, 0.3) is 10.7 Å². The number of thioether (sulfide) groups is 1. The second kappa shape index (κ2) is 10.3. The number of thiophene rings is 1. The molecule has 2 amide bonds. The SMILES string of the molecule is CCn1c(SCC(=O)Nc2cccc(NC(=O)c3ccccc3)c2)nnc1-c1cccs1. The molecule has 9 heteroatoms. The highest BCUT2D eigenvalue weighted by Gasteiger charge is 2.15. The Balaban J connectivity index is 1.36. The van der Waals surface area contributed by atoms with Crippen molar-refractivity contribution in [1.82, 2.24) is 14.8 Å². The maximum Gasteiger partial charge on any atom is 0.255 e. The van der Waals surface area contributed by atoms with Crippen LogP contribution < -0.4 is 10.6 Å². The molecule has 162 valence electrons. The van der Waals surface area contributed by atoms with Gasteiger partial charge in [0, 0.05) is 23.5 Å². The molecule has 0 aliphatic carbocycles. The Morgan fingerprint density at radius 3 is 2.47 bits per heavy atom. The molecule has 2 aromatic carbocycles. The van der Waals surface area contributed by atoms with E-state index < -0.39 is 0 Å². The van der Waals surface area contributed by atoms with Gasteiger partial charge in [-0.2, -0.15) is 0 Å². The summed E-state index contributed by atoms with van der Waals surface area (Å²) >= 11 is 2.95. The summed E-state index contributed by atoms with van der Waals surface area (Å²) in [6, 6.07) is 20.0. The van der Waals surface area contributed by atoms with Crippen molar-refractivity contribution in [1.29, 1.82) is 0 Å². The number of hydrogen-bond donors (Lipinski definition) is 2. The highest BCUT2D eigenvalue weighted by molar-refractivity contribution is 7.99. The second-order valence-corrected chi connectivity index (χ2v) is 8.66. The first-order valence-corrected chi connectivity index (χ1v) is 11.9. The fraction of sp³-hybridized carbons (Fsp3) is 0.130. The molecule has 0 saturated carbocycles. The Bertz CT molecular complexity index is 1210. The lowest BCUT2D eigenvalue weighted by molar-refractivity contribution is -0.113. The van der Waals surface area contributed by atoms with Gasteiger partial charge in [-0.25, -0.2) is 0 Å². The second-order valence-electron chi connectivity index (χ2n) is 6.77. The average molecular weight is 464 g/mol. The highest BCUT2D eigenvalue weighted by Crippen LogP contribution is 2.27. The van der Waals surface area contributed by atoms with Crippen LogP contribution in [0.2, 0.25) is 0 Å². The maximum atomic E-state index is 12.5. The lowest BCUT2D eigenvalue weighted by atomic mass is 10.2. The van der Waals surface area contributed by atoms with Crippen LogP contribution in [-0.4, -0.2) is 32.3 Å². The van der Waals surface area contributed by atoms with Crippen molar-refractivity contribution in [2.75, 3.05) is 16.4 Å². The number of rotatable bonds is 8. The minimum atomic E-state index is -0.204. The normalized spacial score (nSPS) is 10.7. The molecule has 2 aromatic heterocycles. The molecular weight excluding hydrogens is 442 g/mol. The van der Waals surface area contributed by atoms with E-state index in [-0.39, 0.29) is 17.6 Å². The first-order valence-electron chi connectivity index (χ1n) is 10.00. The molecule has 0 aliphatic heterocycles. The summed E-state index contributed by atoms with van der Waals surface area (Å²) in [5.41, 5.74) is 1.79. The van der Waals surface area contributed by atoms with Crippen LogP contribution in [0.5, 0.6) is 0 Å². The average Bonchev–Trinajstić information content (AvgIpc) is 3.48. The quantitative estimate of drug-likeness (QED) is 0.359. The van der Waals surface area contributed by atoms with E-state index in [9.17, 15) is 9.59 Å². The molecule has 0 spiro atoms. The number of nitrogens with zero attached hydrogens (tertiary/aromatic N) is 3. The third kappa shape index (κ3) is 5.24. The predicted octanol–water partition coefficient (Wildman–Crippen LogP) is 5.01. The van der Waals surface area contributed by atoms with Crippen LogP contribution in [0.15, 0.2) is 77.3 Å². The minimum absolute atomic E-state index is 0.162. The van der Waals surface area contributed by atoms with Gasteiger partial charge in [0.25, 0.3) is 5.91 Å². The van der Waals surface area contributed by atoms with Gasteiger partial charge in [0.05, 0.1) is 10.6 Å². The zero-order valence-corrected chi connectivity index (χ0v) is 19.0. The monoisotopic (exact) mass is 463 g/mol.